The van der Waals surface area contributed by atoms with Gasteiger partial charge in [-0.25, -0.2) is 0 Å². The predicted octanol–water partition coefficient (Wildman–Crippen LogP) is 2.27. The van der Waals surface area contributed by atoms with E-state index < -0.39 is 0 Å². The molecule has 2 atom stereocenters. The number of morpholine rings is 1. The first-order chi connectivity index (χ1) is 8.47. The average Bonchev–Trinajstić information content (AvgIpc) is 2.70. The van der Waals surface area contributed by atoms with Gasteiger partial charge in [0.25, 0.3) is 0 Å². The van der Waals surface area contributed by atoms with Crippen molar-refractivity contribution >= 4 is 0 Å². The number of likely N-dealkylation sites (tertiary alicyclic amines) is 1. The number of hydrogen-bond acceptors (Lipinski definition) is 3. The summed E-state index contributed by atoms with van der Waals surface area (Å²) in [6.07, 6.45) is 4.98. The van der Waals surface area contributed by atoms with Crippen LogP contribution in [0.1, 0.15) is 46.5 Å². The topological polar surface area (TPSA) is 24.5 Å². The van der Waals surface area contributed by atoms with E-state index in [4.69, 9.17) is 4.74 Å². The number of rotatable bonds is 4. The number of ether oxygens (including phenoxy) is 1. The van der Waals surface area contributed by atoms with Gasteiger partial charge >= 0.3 is 0 Å². The third kappa shape index (κ3) is 3.06. The first kappa shape index (κ1) is 14.3. The summed E-state index contributed by atoms with van der Waals surface area (Å²) < 4.78 is 6.20. The summed E-state index contributed by atoms with van der Waals surface area (Å²) in [5.41, 5.74) is 0.557. The van der Waals surface area contributed by atoms with Gasteiger partial charge < -0.3 is 15.0 Å². The maximum atomic E-state index is 6.20. The van der Waals surface area contributed by atoms with E-state index in [0.29, 0.717) is 11.5 Å². The van der Waals surface area contributed by atoms with Crippen LogP contribution in [0.15, 0.2) is 0 Å². The van der Waals surface area contributed by atoms with E-state index in [0.717, 1.165) is 19.7 Å². The lowest BCUT2D eigenvalue weighted by molar-refractivity contribution is -0.0911. The van der Waals surface area contributed by atoms with Crippen molar-refractivity contribution in [3.05, 3.63) is 0 Å². The molecule has 2 unspecified atom stereocenters. The molecule has 2 heterocycles. The first-order valence-corrected chi connectivity index (χ1v) is 7.53. The molecule has 18 heavy (non-hydrogen) atoms. The van der Waals surface area contributed by atoms with Gasteiger partial charge in [0.1, 0.15) is 0 Å². The highest BCUT2D eigenvalue weighted by Crippen LogP contribution is 2.35. The molecule has 2 saturated heterocycles. The highest BCUT2D eigenvalue weighted by Gasteiger charge is 2.46. The van der Waals surface area contributed by atoms with E-state index in [2.05, 4.69) is 38.0 Å². The highest BCUT2D eigenvalue weighted by molar-refractivity contribution is 5.02. The Hall–Kier alpha value is -0.120. The van der Waals surface area contributed by atoms with Gasteiger partial charge in [0.15, 0.2) is 0 Å². The molecule has 1 N–H and O–H groups in total. The van der Waals surface area contributed by atoms with Gasteiger partial charge in [-0.1, -0.05) is 27.2 Å². The summed E-state index contributed by atoms with van der Waals surface area (Å²) in [7, 11) is 2.21. The van der Waals surface area contributed by atoms with Gasteiger partial charge in [-0.05, 0) is 31.7 Å². The van der Waals surface area contributed by atoms with Crippen molar-refractivity contribution in [2.75, 3.05) is 33.3 Å². The van der Waals surface area contributed by atoms with Crippen LogP contribution in [0.3, 0.4) is 0 Å². The Morgan fingerprint density at radius 1 is 1.44 bits per heavy atom. The van der Waals surface area contributed by atoms with Crippen LogP contribution < -0.4 is 5.32 Å². The lowest BCUT2D eigenvalue weighted by atomic mass is 9.80. The quantitative estimate of drug-likeness (QED) is 0.833. The summed E-state index contributed by atoms with van der Waals surface area (Å²) >= 11 is 0. The molecule has 1 spiro atoms. The summed E-state index contributed by atoms with van der Waals surface area (Å²) in [6.45, 7) is 11.2. The summed E-state index contributed by atoms with van der Waals surface area (Å²) in [6, 6.07) is 0.544. The second kappa shape index (κ2) is 5.48. The summed E-state index contributed by atoms with van der Waals surface area (Å²) in [5, 5.41) is 3.72. The van der Waals surface area contributed by atoms with Gasteiger partial charge in [0.05, 0.1) is 12.2 Å². The molecule has 0 aliphatic carbocycles. The van der Waals surface area contributed by atoms with Gasteiger partial charge in [-0.3, -0.25) is 0 Å². The van der Waals surface area contributed by atoms with E-state index in [9.17, 15) is 0 Å². The molecule has 3 nitrogen and oxygen atoms in total. The van der Waals surface area contributed by atoms with Crippen LogP contribution in [0, 0.1) is 5.41 Å². The Kier molecular flexibility index (Phi) is 4.35. The molecule has 3 heteroatoms. The fourth-order valence-electron chi connectivity index (χ4n) is 3.25. The number of nitrogens with zero attached hydrogens (tertiary/aromatic N) is 1. The van der Waals surface area contributed by atoms with Crippen LogP contribution in [-0.2, 0) is 4.74 Å². The van der Waals surface area contributed by atoms with E-state index >= 15 is 0 Å². The first-order valence-electron chi connectivity index (χ1n) is 7.53. The molecule has 0 aromatic rings. The van der Waals surface area contributed by atoms with E-state index in [1.807, 2.05) is 0 Å². The Labute approximate surface area is 112 Å². The molecule has 2 rings (SSSR count). The molecular weight excluding hydrogens is 224 g/mol. The van der Waals surface area contributed by atoms with Crippen LogP contribution >= 0.6 is 0 Å². The maximum Gasteiger partial charge on any atom is 0.0973 e. The number of hydrogen-bond donors (Lipinski definition) is 1. The standard InChI is InChI=1S/C15H30N2O/c1-5-14(2,3)7-6-13-15(18-11-9-16-13)8-10-17(4)12-15/h13,16H,5-12H2,1-4H3. The van der Waals surface area contributed by atoms with Crippen molar-refractivity contribution in [1.29, 1.82) is 0 Å². The third-order valence-corrected chi connectivity index (χ3v) is 5.04. The fraction of sp³-hybridized carbons (Fsp3) is 1.00. The molecule has 2 fully saturated rings. The Morgan fingerprint density at radius 3 is 2.83 bits per heavy atom. The molecular formula is C15H30N2O. The number of nitrogens with one attached hydrogen (secondary N) is 1. The normalized spacial score (nSPS) is 34.3. The van der Waals surface area contributed by atoms with Crippen LogP contribution in [0.4, 0.5) is 0 Å². The van der Waals surface area contributed by atoms with Crippen LogP contribution in [0.25, 0.3) is 0 Å². The SMILES string of the molecule is CCC(C)(C)CCC1NCCOC12CCN(C)C2. The van der Waals surface area contributed by atoms with Crippen molar-refractivity contribution in [2.24, 2.45) is 5.41 Å². The Balaban J connectivity index is 1.96. The molecule has 0 radical (unpaired) electrons. The molecule has 0 aromatic carbocycles. The van der Waals surface area contributed by atoms with E-state index in [1.165, 1.54) is 32.2 Å². The molecule has 0 bridgehead atoms. The van der Waals surface area contributed by atoms with Crippen LogP contribution in [0.5, 0.6) is 0 Å². The Morgan fingerprint density at radius 2 is 2.22 bits per heavy atom. The zero-order valence-electron chi connectivity index (χ0n) is 12.6. The molecule has 2 aliphatic rings. The highest BCUT2D eigenvalue weighted by atomic mass is 16.5. The van der Waals surface area contributed by atoms with Crippen molar-refractivity contribution in [1.82, 2.24) is 10.2 Å². The van der Waals surface area contributed by atoms with E-state index in [1.54, 1.807) is 0 Å². The van der Waals surface area contributed by atoms with E-state index in [-0.39, 0.29) is 5.60 Å². The van der Waals surface area contributed by atoms with Crippen molar-refractivity contribution < 1.29 is 4.74 Å². The minimum Gasteiger partial charge on any atom is -0.371 e. The lowest BCUT2D eigenvalue weighted by Crippen LogP contribution is -2.59. The minimum absolute atomic E-state index is 0.0941. The molecule has 0 amide bonds. The second-order valence-electron chi connectivity index (χ2n) is 6.96. The number of likely N-dealkylation sites (N-methyl/N-ethyl adjacent to an activating group) is 1. The minimum atomic E-state index is 0.0941. The second-order valence-corrected chi connectivity index (χ2v) is 6.96. The molecule has 2 aliphatic heterocycles. The zero-order valence-corrected chi connectivity index (χ0v) is 12.6. The van der Waals surface area contributed by atoms with Crippen molar-refractivity contribution in [3.8, 4) is 0 Å². The monoisotopic (exact) mass is 254 g/mol. The zero-order chi connectivity index (χ0) is 13.2. The van der Waals surface area contributed by atoms with Crippen molar-refractivity contribution in [2.45, 2.75) is 58.1 Å². The average molecular weight is 254 g/mol. The van der Waals surface area contributed by atoms with Crippen LogP contribution in [-0.4, -0.2) is 49.8 Å². The summed E-state index contributed by atoms with van der Waals surface area (Å²) in [4.78, 5) is 2.41. The van der Waals surface area contributed by atoms with Gasteiger partial charge in [0.2, 0.25) is 0 Å². The third-order valence-electron chi connectivity index (χ3n) is 5.04. The molecule has 0 aromatic heterocycles. The van der Waals surface area contributed by atoms with Crippen LogP contribution in [0.2, 0.25) is 0 Å². The molecule has 0 saturated carbocycles. The van der Waals surface area contributed by atoms with Gasteiger partial charge in [0, 0.05) is 25.7 Å². The lowest BCUT2D eigenvalue weighted by Gasteiger charge is -2.43. The Bertz CT molecular complexity index is 276. The molecule has 106 valence electrons. The smallest absolute Gasteiger partial charge is 0.0973 e. The maximum absolute atomic E-state index is 6.20. The summed E-state index contributed by atoms with van der Waals surface area (Å²) in [5.74, 6) is 0. The largest absolute Gasteiger partial charge is 0.371 e. The predicted molar refractivity (Wildman–Crippen MR) is 75.9 cm³/mol. The van der Waals surface area contributed by atoms with Gasteiger partial charge in [-0.15, -0.1) is 0 Å². The van der Waals surface area contributed by atoms with Crippen molar-refractivity contribution in [3.63, 3.8) is 0 Å². The van der Waals surface area contributed by atoms with Gasteiger partial charge in [-0.2, -0.15) is 0 Å². The fourth-order valence-corrected chi connectivity index (χ4v) is 3.25.